The minimum Gasteiger partial charge on any atom is -0.350 e. The van der Waals surface area contributed by atoms with Crippen LogP contribution in [0.1, 0.15) is 68.8 Å². The monoisotopic (exact) mass is 627 g/mol. The van der Waals surface area contributed by atoms with Crippen LogP contribution in [0.5, 0.6) is 0 Å². The molecule has 14 heteroatoms. The number of carbonyl (C=O) groups is 5. The van der Waals surface area contributed by atoms with Gasteiger partial charge in [-0.15, -0.1) is 11.6 Å². The number of hydrogen-bond acceptors (Lipinski definition) is 7. The van der Waals surface area contributed by atoms with E-state index in [-0.39, 0.29) is 53.6 Å². The van der Waals surface area contributed by atoms with Gasteiger partial charge in [0.25, 0.3) is 17.4 Å². The molecule has 236 valence electrons. The van der Waals surface area contributed by atoms with Crippen molar-refractivity contribution in [2.75, 3.05) is 11.9 Å². The fourth-order valence-corrected chi connectivity index (χ4v) is 8.18. The highest BCUT2D eigenvalue weighted by molar-refractivity contribution is 6.36. The molecule has 0 aromatic carbocycles. The number of amides is 4. The Kier molecular flexibility index (Phi) is 8.96. The second-order valence-electron chi connectivity index (χ2n) is 12.5. The van der Waals surface area contributed by atoms with Crippen molar-refractivity contribution in [1.82, 2.24) is 30.1 Å². The number of likely N-dealkylation sites (N-methyl/N-ethyl adjacent to an activating group) is 1. The van der Waals surface area contributed by atoms with Crippen LogP contribution in [-0.2, 0) is 32.8 Å². The van der Waals surface area contributed by atoms with E-state index >= 15 is 0 Å². The largest absolute Gasteiger partial charge is 0.350 e. The van der Waals surface area contributed by atoms with Crippen molar-refractivity contribution in [2.45, 2.75) is 81.3 Å². The summed E-state index contributed by atoms with van der Waals surface area (Å²) < 4.78 is 2.67. The normalized spacial score (nSPS) is 25.6. The number of anilines is 1. The average Bonchev–Trinajstić information content (AvgIpc) is 3.37. The Morgan fingerprint density at radius 1 is 1.14 bits per heavy atom. The summed E-state index contributed by atoms with van der Waals surface area (Å²) in [6, 6.07) is 1.67. The van der Waals surface area contributed by atoms with Gasteiger partial charge in [-0.25, -0.2) is 4.98 Å². The number of hydrogen-bond donors (Lipinski definition) is 4. The summed E-state index contributed by atoms with van der Waals surface area (Å²) in [5.74, 6) is -2.22. The van der Waals surface area contributed by atoms with E-state index in [0.717, 1.165) is 38.5 Å². The molecule has 2 aromatic rings. The third-order valence-corrected chi connectivity index (χ3v) is 9.35. The number of rotatable bonds is 12. The molecule has 0 spiro atoms. The molecule has 2 heterocycles. The Hall–Kier alpha value is -4.00. The lowest BCUT2D eigenvalue weighted by Gasteiger charge is -2.60. The molecule has 4 amide bonds. The highest BCUT2D eigenvalue weighted by Crippen LogP contribution is 2.59. The van der Waals surface area contributed by atoms with E-state index in [2.05, 4.69) is 26.3 Å². The van der Waals surface area contributed by atoms with Crippen LogP contribution in [0.3, 0.4) is 0 Å². The Morgan fingerprint density at radius 3 is 2.50 bits per heavy atom. The van der Waals surface area contributed by atoms with Crippen molar-refractivity contribution < 1.29 is 24.0 Å². The van der Waals surface area contributed by atoms with Gasteiger partial charge in [0.2, 0.25) is 17.6 Å². The second kappa shape index (κ2) is 12.5. The molecule has 4 N–H and O–H groups in total. The number of nitrogens with zero attached hydrogens (tertiary/aromatic N) is 3. The summed E-state index contributed by atoms with van der Waals surface area (Å²) in [7, 11) is 1.61. The zero-order valence-electron chi connectivity index (χ0n) is 24.9. The summed E-state index contributed by atoms with van der Waals surface area (Å²) in [6.45, 7) is 1.69. The van der Waals surface area contributed by atoms with E-state index in [9.17, 15) is 28.8 Å². The van der Waals surface area contributed by atoms with Gasteiger partial charge in [-0.1, -0.05) is 0 Å². The molecule has 0 radical (unpaired) electrons. The third kappa shape index (κ3) is 6.87. The summed E-state index contributed by atoms with van der Waals surface area (Å²) >= 11 is 6.91. The minimum absolute atomic E-state index is 0.102. The van der Waals surface area contributed by atoms with Crippen LogP contribution < -0.4 is 26.8 Å². The molecular formula is C30H38ClN7O6. The molecule has 0 aliphatic heterocycles. The van der Waals surface area contributed by atoms with E-state index in [1.807, 2.05) is 0 Å². The number of ketones is 1. The van der Waals surface area contributed by atoms with Gasteiger partial charge in [-0.05, 0) is 75.8 Å². The first-order valence-electron chi connectivity index (χ1n) is 15.0. The summed E-state index contributed by atoms with van der Waals surface area (Å²) in [5.41, 5.74) is -0.895. The molecule has 3 atom stereocenters. The smallest absolute Gasteiger partial charge is 0.287 e. The van der Waals surface area contributed by atoms with Crippen molar-refractivity contribution in [3.63, 3.8) is 0 Å². The third-order valence-electron chi connectivity index (χ3n) is 8.91. The number of imidazole rings is 1. The highest BCUT2D eigenvalue weighted by atomic mass is 35.5. The van der Waals surface area contributed by atoms with Crippen molar-refractivity contribution in [1.29, 1.82) is 0 Å². The van der Waals surface area contributed by atoms with Crippen LogP contribution >= 0.6 is 11.6 Å². The van der Waals surface area contributed by atoms with Crippen LogP contribution in [0, 0.1) is 11.8 Å². The van der Waals surface area contributed by atoms with Crippen molar-refractivity contribution in [3.05, 3.63) is 46.9 Å². The number of carbonyl (C=O) groups excluding carboxylic acids is 5. The quantitative estimate of drug-likeness (QED) is 0.202. The highest BCUT2D eigenvalue weighted by Gasteiger charge is 2.57. The molecule has 0 saturated heterocycles. The molecule has 4 saturated carbocycles. The molecule has 13 nitrogen and oxygen atoms in total. The molecule has 3 unspecified atom stereocenters. The Morgan fingerprint density at radius 2 is 1.86 bits per heavy atom. The first-order chi connectivity index (χ1) is 20.9. The zero-order valence-corrected chi connectivity index (χ0v) is 25.6. The number of Topliss-reactive ketones (excluding diaryl/α,β-unsaturated/α-hetero) is 1. The lowest BCUT2D eigenvalue weighted by molar-refractivity contribution is -0.138. The molecule has 4 aliphatic rings. The fourth-order valence-electron chi connectivity index (χ4n) is 7.49. The van der Waals surface area contributed by atoms with E-state index in [1.54, 1.807) is 14.0 Å². The number of aromatic nitrogens is 3. The van der Waals surface area contributed by atoms with Gasteiger partial charge in [0.05, 0.1) is 12.5 Å². The van der Waals surface area contributed by atoms with Crippen LogP contribution in [0.4, 0.5) is 5.69 Å². The van der Waals surface area contributed by atoms with Gasteiger partial charge < -0.3 is 30.4 Å². The molecule has 6 rings (SSSR count). The van der Waals surface area contributed by atoms with Gasteiger partial charge in [-0.2, -0.15) is 0 Å². The van der Waals surface area contributed by atoms with Crippen LogP contribution in [0.15, 0.2) is 35.6 Å². The van der Waals surface area contributed by atoms with Gasteiger partial charge in [0.1, 0.15) is 24.0 Å². The number of alkyl halides is 1. The van der Waals surface area contributed by atoms with Gasteiger partial charge in [0.15, 0.2) is 0 Å². The topological polar surface area (TPSA) is 173 Å². The van der Waals surface area contributed by atoms with Gasteiger partial charge in [0, 0.05) is 36.6 Å². The number of pyridine rings is 1. The first kappa shape index (κ1) is 31.4. The van der Waals surface area contributed by atoms with Crippen molar-refractivity contribution in [2.24, 2.45) is 18.9 Å². The second-order valence-corrected chi connectivity index (χ2v) is 13.3. The lowest BCUT2D eigenvalue weighted by Crippen LogP contribution is -2.64. The maximum Gasteiger partial charge on any atom is 0.287 e. The summed E-state index contributed by atoms with van der Waals surface area (Å²) in [6.07, 6.45) is 9.31. The number of aryl methyl sites for hydroxylation is 1. The number of halogens is 1. The lowest BCUT2D eigenvalue weighted by atomic mass is 9.52. The van der Waals surface area contributed by atoms with E-state index in [4.69, 9.17) is 11.6 Å². The Labute approximate surface area is 259 Å². The molecule has 44 heavy (non-hydrogen) atoms. The van der Waals surface area contributed by atoms with E-state index in [0.29, 0.717) is 11.8 Å². The predicted molar refractivity (Wildman–Crippen MR) is 161 cm³/mol. The van der Waals surface area contributed by atoms with Crippen molar-refractivity contribution >= 4 is 46.7 Å². The maximum absolute atomic E-state index is 13.3. The van der Waals surface area contributed by atoms with E-state index in [1.165, 1.54) is 40.0 Å². The summed E-state index contributed by atoms with van der Waals surface area (Å²) in [4.78, 5) is 80.5. The zero-order chi connectivity index (χ0) is 31.6. The standard InChI is InChI=1S/C30H38ClN7O6/c1-3-33-27(43)23(39)7-6-20(34-26(42)22-14-32-17-37(22)2)25(41)35-21-5-4-8-38(28(21)44)15-24(40)36-30-12-18-9-19(13-30)11-29(31,10-18)16-30/h4-5,8,14,17-20H,3,6-7,9-13,15-16H2,1-2H3,(H,33,43)(H,34,42)(H,35,41)(H,36,40). The van der Waals surface area contributed by atoms with Gasteiger partial charge >= 0.3 is 0 Å². The molecule has 4 fully saturated rings. The molecule has 2 aromatic heterocycles. The fraction of sp³-hybridized carbons (Fsp3) is 0.567. The van der Waals surface area contributed by atoms with Crippen molar-refractivity contribution in [3.8, 4) is 0 Å². The Balaban J connectivity index is 1.26. The van der Waals surface area contributed by atoms with Crippen LogP contribution in [0.2, 0.25) is 0 Å². The molecular weight excluding hydrogens is 590 g/mol. The maximum atomic E-state index is 13.3. The summed E-state index contributed by atoms with van der Waals surface area (Å²) in [5, 5.41) is 10.7. The van der Waals surface area contributed by atoms with Crippen LogP contribution in [0.25, 0.3) is 0 Å². The SMILES string of the molecule is CCNC(=O)C(=O)CCC(NC(=O)c1cncn1C)C(=O)Nc1cccn(CC(=O)NC23CC4CC(CC(Cl)(C4)C2)C3)c1=O. The minimum atomic E-state index is -1.26. The molecule has 4 aliphatic carbocycles. The van der Waals surface area contributed by atoms with Gasteiger partial charge in [-0.3, -0.25) is 28.8 Å². The van der Waals surface area contributed by atoms with Crippen LogP contribution in [-0.4, -0.2) is 66.5 Å². The number of nitrogens with one attached hydrogen (secondary N) is 4. The Bertz CT molecular complexity index is 1520. The first-order valence-corrected chi connectivity index (χ1v) is 15.4. The average molecular weight is 628 g/mol. The molecule has 4 bridgehead atoms. The van der Waals surface area contributed by atoms with E-state index < -0.39 is 35.1 Å². The predicted octanol–water partition coefficient (Wildman–Crippen LogP) is 1.25.